The van der Waals surface area contributed by atoms with E-state index < -0.39 is 27.9 Å². The Bertz CT molecular complexity index is 1400. The number of aliphatic hydroxyl groups is 1. The number of nitrogens with one attached hydrogen (secondary N) is 2. The molecule has 218 valence electrons. The van der Waals surface area contributed by atoms with E-state index in [0.717, 1.165) is 24.0 Å². The van der Waals surface area contributed by atoms with E-state index in [1.165, 1.54) is 32.4 Å². The number of aryl methyl sites for hydroxylation is 1. The van der Waals surface area contributed by atoms with Crippen LogP contribution >= 0.6 is 0 Å². The highest BCUT2D eigenvalue weighted by molar-refractivity contribution is 7.92. The van der Waals surface area contributed by atoms with Crippen LogP contribution in [0, 0.1) is 0 Å². The first-order valence-corrected chi connectivity index (χ1v) is 14.3. The van der Waals surface area contributed by atoms with Crippen LogP contribution in [0.5, 0.6) is 17.2 Å². The summed E-state index contributed by atoms with van der Waals surface area (Å²) < 4.78 is 75.6. The predicted octanol–water partition coefficient (Wildman–Crippen LogP) is 4.67. The summed E-state index contributed by atoms with van der Waals surface area (Å²) in [5.74, 6) is 0.764. The minimum atomic E-state index is -4.44. The van der Waals surface area contributed by atoms with Gasteiger partial charge in [0.15, 0.2) is 11.5 Å². The highest BCUT2D eigenvalue weighted by Gasteiger charge is 2.30. The van der Waals surface area contributed by atoms with Crippen LogP contribution in [0.3, 0.4) is 0 Å². The molecular formula is C28H33F3N2O6S. The van der Waals surface area contributed by atoms with Crippen LogP contribution in [-0.2, 0) is 29.0 Å². The van der Waals surface area contributed by atoms with E-state index in [1.54, 1.807) is 24.3 Å². The van der Waals surface area contributed by atoms with Crippen molar-refractivity contribution in [1.82, 2.24) is 5.32 Å². The first kappa shape index (κ1) is 31.1. The molecule has 3 rings (SSSR count). The Morgan fingerprint density at radius 1 is 0.950 bits per heavy atom. The average molecular weight is 583 g/mol. The van der Waals surface area contributed by atoms with E-state index in [1.807, 2.05) is 6.07 Å². The zero-order chi connectivity index (χ0) is 29.5. The molecule has 0 saturated heterocycles. The van der Waals surface area contributed by atoms with Crippen LogP contribution in [0.4, 0.5) is 18.9 Å². The highest BCUT2D eigenvalue weighted by atomic mass is 32.2. The van der Waals surface area contributed by atoms with Crippen molar-refractivity contribution < 1.29 is 41.3 Å². The molecule has 4 N–H and O–H groups in total. The number of aromatic hydroxyl groups is 1. The van der Waals surface area contributed by atoms with Crippen molar-refractivity contribution in [2.75, 3.05) is 31.7 Å². The molecule has 0 spiro atoms. The number of hydrogen-bond donors (Lipinski definition) is 4. The largest absolute Gasteiger partial charge is 0.506 e. The standard InChI is InChI=1S/C28H33F3N2O6S/c1-38-26-12-9-20(16-27(26)39-2)23(10-7-18-5-4-6-21(13-18)28(29,30)31)32-17-22(34)14-19-8-11-25(35)24(15-19)33-40(3,36)37/h4-6,8-9,11-13,15-16,22-23,32-35H,7,10,14,17H2,1-3H3. The smallest absolute Gasteiger partial charge is 0.416 e. The zero-order valence-electron chi connectivity index (χ0n) is 22.3. The van der Waals surface area contributed by atoms with Crippen LogP contribution in [0.25, 0.3) is 0 Å². The second-order valence-corrected chi connectivity index (χ2v) is 11.1. The fraction of sp³-hybridized carbons (Fsp3) is 0.357. The molecule has 0 aliphatic rings. The van der Waals surface area contributed by atoms with Gasteiger partial charge in [0.05, 0.1) is 37.8 Å². The molecule has 0 amide bonds. The van der Waals surface area contributed by atoms with Gasteiger partial charge in [0, 0.05) is 12.6 Å². The lowest BCUT2D eigenvalue weighted by molar-refractivity contribution is -0.137. The normalized spacial score (nSPS) is 13.5. The summed E-state index contributed by atoms with van der Waals surface area (Å²) in [5.41, 5.74) is 1.20. The molecule has 0 aliphatic heterocycles. The predicted molar refractivity (Wildman–Crippen MR) is 146 cm³/mol. The number of aliphatic hydroxyl groups excluding tert-OH is 1. The van der Waals surface area contributed by atoms with Crippen molar-refractivity contribution >= 4 is 15.7 Å². The van der Waals surface area contributed by atoms with E-state index in [4.69, 9.17) is 9.47 Å². The molecule has 0 saturated carbocycles. The van der Waals surface area contributed by atoms with E-state index in [2.05, 4.69) is 10.0 Å². The van der Waals surface area contributed by atoms with Crippen LogP contribution in [-0.4, -0.2) is 51.8 Å². The molecule has 3 aromatic carbocycles. The second-order valence-electron chi connectivity index (χ2n) is 9.40. The van der Waals surface area contributed by atoms with Crippen molar-refractivity contribution in [2.45, 2.75) is 37.6 Å². The molecule has 0 aromatic heterocycles. The number of anilines is 1. The van der Waals surface area contributed by atoms with Gasteiger partial charge in [-0.2, -0.15) is 13.2 Å². The van der Waals surface area contributed by atoms with Crippen LogP contribution in [0.2, 0.25) is 0 Å². The van der Waals surface area contributed by atoms with Crippen molar-refractivity contribution in [3.8, 4) is 17.2 Å². The molecule has 0 radical (unpaired) electrons. The number of phenolic OH excluding ortho intramolecular Hbond substituents is 1. The van der Waals surface area contributed by atoms with Crippen molar-refractivity contribution in [3.63, 3.8) is 0 Å². The summed E-state index contributed by atoms with van der Waals surface area (Å²) in [6, 6.07) is 14.5. The minimum Gasteiger partial charge on any atom is -0.506 e. The number of sulfonamides is 1. The van der Waals surface area contributed by atoms with E-state index >= 15 is 0 Å². The number of methoxy groups -OCH3 is 2. The van der Waals surface area contributed by atoms with E-state index in [-0.39, 0.29) is 30.4 Å². The number of ether oxygens (including phenoxy) is 2. The Morgan fingerprint density at radius 2 is 1.68 bits per heavy atom. The van der Waals surface area contributed by atoms with Gasteiger partial charge in [-0.1, -0.05) is 30.3 Å². The first-order chi connectivity index (χ1) is 18.8. The third kappa shape index (κ3) is 9.04. The van der Waals surface area contributed by atoms with Gasteiger partial charge in [-0.3, -0.25) is 4.72 Å². The highest BCUT2D eigenvalue weighted by Crippen LogP contribution is 2.33. The third-order valence-corrected chi connectivity index (χ3v) is 6.80. The topological polar surface area (TPSA) is 117 Å². The summed E-state index contributed by atoms with van der Waals surface area (Å²) in [5, 5.41) is 24.0. The number of hydrogen-bond acceptors (Lipinski definition) is 7. The molecule has 2 atom stereocenters. The summed E-state index contributed by atoms with van der Waals surface area (Å²) in [6.07, 6.45) is -3.46. The quantitative estimate of drug-likeness (QED) is 0.217. The van der Waals surface area contributed by atoms with Gasteiger partial charge in [0.25, 0.3) is 0 Å². The third-order valence-electron chi connectivity index (χ3n) is 6.21. The number of halogens is 3. The zero-order valence-corrected chi connectivity index (χ0v) is 23.1. The number of rotatable bonds is 13. The summed E-state index contributed by atoms with van der Waals surface area (Å²) in [4.78, 5) is 0. The molecule has 12 heteroatoms. The summed E-state index contributed by atoms with van der Waals surface area (Å²) >= 11 is 0. The van der Waals surface area contributed by atoms with Gasteiger partial charge >= 0.3 is 6.18 Å². The molecule has 0 aliphatic carbocycles. The maximum absolute atomic E-state index is 13.2. The Hall–Kier alpha value is -3.48. The SMILES string of the molecule is COc1ccc(C(CCc2cccc(C(F)(F)F)c2)NCC(O)Cc2ccc(O)c(NS(C)(=O)=O)c2)cc1OC. The minimum absolute atomic E-state index is 0.00412. The molecule has 0 heterocycles. The fourth-order valence-electron chi connectivity index (χ4n) is 4.28. The molecule has 0 fully saturated rings. The van der Waals surface area contributed by atoms with Crippen LogP contribution < -0.4 is 19.5 Å². The molecule has 0 bridgehead atoms. The van der Waals surface area contributed by atoms with Gasteiger partial charge in [-0.25, -0.2) is 8.42 Å². The van der Waals surface area contributed by atoms with Gasteiger partial charge < -0.3 is 25.0 Å². The lowest BCUT2D eigenvalue weighted by atomic mass is 9.97. The monoisotopic (exact) mass is 582 g/mol. The average Bonchev–Trinajstić information content (AvgIpc) is 2.89. The van der Waals surface area contributed by atoms with E-state index in [0.29, 0.717) is 35.5 Å². The van der Waals surface area contributed by atoms with Gasteiger partial charge in [0.1, 0.15) is 5.75 Å². The number of phenols is 1. The maximum atomic E-state index is 13.2. The molecular weight excluding hydrogens is 549 g/mol. The number of alkyl halides is 3. The van der Waals surface area contributed by atoms with Gasteiger partial charge in [-0.15, -0.1) is 0 Å². The van der Waals surface area contributed by atoms with E-state index in [9.17, 15) is 31.8 Å². The molecule has 40 heavy (non-hydrogen) atoms. The fourth-order valence-corrected chi connectivity index (χ4v) is 4.85. The van der Waals surface area contributed by atoms with Crippen molar-refractivity contribution in [3.05, 3.63) is 82.9 Å². The maximum Gasteiger partial charge on any atom is 0.416 e. The summed E-state index contributed by atoms with van der Waals surface area (Å²) in [7, 11) is -0.602. The van der Waals surface area contributed by atoms with Crippen LogP contribution in [0.15, 0.2) is 60.7 Å². The Labute approximate surface area is 231 Å². The first-order valence-electron chi connectivity index (χ1n) is 12.4. The van der Waals surface area contributed by atoms with Gasteiger partial charge in [-0.05, 0) is 66.3 Å². The molecule has 2 unspecified atom stereocenters. The number of benzene rings is 3. The second kappa shape index (κ2) is 13.2. The lowest BCUT2D eigenvalue weighted by Crippen LogP contribution is -2.32. The molecule has 3 aromatic rings. The van der Waals surface area contributed by atoms with Crippen molar-refractivity contribution in [1.29, 1.82) is 0 Å². The Balaban J connectivity index is 1.76. The van der Waals surface area contributed by atoms with Crippen LogP contribution in [0.1, 0.15) is 34.7 Å². The molecule has 8 nitrogen and oxygen atoms in total. The Kier molecular flexibility index (Phi) is 10.3. The summed E-state index contributed by atoms with van der Waals surface area (Å²) in [6.45, 7) is 0.122. The van der Waals surface area contributed by atoms with Crippen molar-refractivity contribution in [2.24, 2.45) is 0 Å². The Morgan fingerprint density at radius 3 is 2.33 bits per heavy atom. The lowest BCUT2D eigenvalue weighted by Gasteiger charge is -2.23. The van der Waals surface area contributed by atoms with Gasteiger partial charge in [0.2, 0.25) is 10.0 Å².